The highest BCUT2D eigenvalue weighted by atomic mass is 35.5. The molecule has 0 aromatic heterocycles. The zero-order valence-corrected chi connectivity index (χ0v) is 15.4. The molecule has 26 heavy (non-hydrogen) atoms. The van der Waals surface area contributed by atoms with Crippen molar-refractivity contribution in [2.24, 2.45) is 0 Å². The van der Waals surface area contributed by atoms with Gasteiger partial charge in [0.15, 0.2) is 0 Å². The largest absolute Gasteiger partial charge is 0.399 e. The lowest BCUT2D eigenvalue weighted by atomic mass is 9.95. The van der Waals surface area contributed by atoms with Gasteiger partial charge in [-0.3, -0.25) is 9.59 Å². The van der Waals surface area contributed by atoms with Crippen LogP contribution in [0.25, 0.3) is 0 Å². The molecule has 1 aliphatic rings. The number of carbonyl (C=O) groups excluding carboxylic acids is 2. The monoisotopic (exact) mass is 373 g/mol. The van der Waals surface area contributed by atoms with Gasteiger partial charge in [0.2, 0.25) is 0 Å². The summed E-state index contributed by atoms with van der Waals surface area (Å²) in [6.45, 7) is 0. The quantitative estimate of drug-likeness (QED) is 0.708. The zero-order valence-electron chi connectivity index (χ0n) is 14.5. The molecule has 0 atom stereocenters. The van der Waals surface area contributed by atoms with Crippen molar-refractivity contribution in [1.29, 1.82) is 0 Å². The third kappa shape index (κ3) is 5.23. The second-order valence-corrected chi connectivity index (χ2v) is 6.47. The van der Waals surface area contributed by atoms with Crippen LogP contribution in [0, 0.1) is 0 Å². The molecule has 0 spiro atoms. The van der Waals surface area contributed by atoms with Crippen molar-refractivity contribution in [3.05, 3.63) is 59.7 Å². The number of halogens is 1. The van der Waals surface area contributed by atoms with Gasteiger partial charge < -0.3 is 16.4 Å². The molecule has 2 aromatic carbocycles. The molecule has 0 heterocycles. The Bertz CT molecular complexity index is 756. The second kappa shape index (κ2) is 9.25. The maximum absolute atomic E-state index is 12.3. The highest BCUT2D eigenvalue weighted by Crippen LogP contribution is 2.18. The topological polar surface area (TPSA) is 84.2 Å². The molecule has 3 rings (SSSR count). The van der Waals surface area contributed by atoms with Crippen molar-refractivity contribution in [1.82, 2.24) is 5.32 Å². The highest BCUT2D eigenvalue weighted by molar-refractivity contribution is 6.05. The predicted octanol–water partition coefficient (Wildman–Crippen LogP) is 4.01. The molecule has 5 nitrogen and oxygen atoms in total. The van der Waals surface area contributed by atoms with E-state index in [1.807, 2.05) is 0 Å². The van der Waals surface area contributed by atoms with E-state index in [9.17, 15) is 9.59 Å². The highest BCUT2D eigenvalue weighted by Gasteiger charge is 2.16. The Labute approximate surface area is 159 Å². The van der Waals surface area contributed by atoms with Gasteiger partial charge in [-0.25, -0.2) is 0 Å². The van der Waals surface area contributed by atoms with Crippen molar-refractivity contribution in [3.63, 3.8) is 0 Å². The van der Waals surface area contributed by atoms with Gasteiger partial charge in [-0.2, -0.15) is 0 Å². The lowest BCUT2D eigenvalue weighted by molar-refractivity contribution is 0.0927. The Kier molecular flexibility index (Phi) is 7.04. The third-order valence-electron chi connectivity index (χ3n) is 4.49. The SMILES string of the molecule is Cl.Nc1cccc(C(=O)Nc2ccc(C(=O)NC3CCCCC3)cc2)c1. The predicted molar refractivity (Wildman–Crippen MR) is 107 cm³/mol. The summed E-state index contributed by atoms with van der Waals surface area (Å²) in [5.74, 6) is -0.285. The fraction of sp³-hybridized carbons (Fsp3) is 0.300. The third-order valence-corrected chi connectivity index (χ3v) is 4.49. The summed E-state index contributed by atoms with van der Waals surface area (Å²) in [7, 11) is 0. The molecule has 1 aliphatic carbocycles. The fourth-order valence-electron chi connectivity index (χ4n) is 3.10. The molecule has 1 saturated carbocycles. The Morgan fingerprint density at radius 2 is 1.58 bits per heavy atom. The summed E-state index contributed by atoms with van der Waals surface area (Å²) >= 11 is 0. The van der Waals surface area contributed by atoms with E-state index >= 15 is 0 Å². The average Bonchev–Trinajstić information content (AvgIpc) is 2.63. The zero-order chi connectivity index (χ0) is 17.6. The standard InChI is InChI=1S/C20H23N3O2.ClH/c21-16-6-4-5-15(13-16)20(25)23-18-11-9-14(10-12-18)19(24)22-17-7-2-1-3-8-17;/h4-6,9-13,17H,1-3,7-8,21H2,(H,22,24)(H,23,25);1H. The van der Waals surface area contributed by atoms with Crippen LogP contribution in [-0.2, 0) is 0 Å². The van der Waals surface area contributed by atoms with Crippen molar-refractivity contribution < 1.29 is 9.59 Å². The van der Waals surface area contributed by atoms with Crippen LogP contribution in [0.4, 0.5) is 11.4 Å². The molecular formula is C20H24ClN3O2. The second-order valence-electron chi connectivity index (χ2n) is 6.47. The van der Waals surface area contributed by atoms with Crippen LogP contribution >= 0.6 is 12.4 Å². The molecule has 138 valence electrons. The first kappa shape index (κ1) is 19.8. The normalized spacial score (nSPS) is 14.2. The van der Waals surface area contributed by atoms with E-state index in [4.69, 9.17) is 5.73 Å². The number of rotatable bonds is 4. The first-order valence-electron chi connectivity index (χ1n) is 8.69. The minimum atomic E-state index is -0.230. The number of benzene rings is 2. The van der Waals surface area contributed by atoms with Crippen LogP contribution < -0.4 is 16.4 Å². The lowest BCUT2D eigenvalue weighted by Crippen LogP contribution is -2.36. The first-order chi connectivity index (χ1) is 12.1. The Hall–Kier alpha value is -2.53. The number of anilines is 2. The lowest BCUT2D eigenvalue weighted by Gasteiger charge is -2.22. The number of nitrogen functional groups attached to an aromatic ring is 1. The summed E-state index contributed by atoms with van der Waals surface area (Å²) in [6.07, 6.45) is 5.73. The number of nitrogens with one attached hydrogen (secondary N) is 2. The molecule has 2 aromatic rings. The summed E-state index contributed by atoms with van der Waals surface area (Å²) in [4.78, 5) is 24.5. The van der Waals surface area contributed by atoms with Gasteiger partial charge in [-0.1, -0.05) is 25.3 Å². The van der Waals surface area contributed by atoms with Crippen LogP contribution in [0.15, 0.2) is 48.5 Å². The van der Waals surface area contributed by atoms with E-state index in [2.05, 4.69) is 10.6 Å². The summed E-state index contributed by atoms with van der Waals surface area (Å²) in [5.41, 5.74) is 7.98. The number of hydrogen-bond donors (Lipinski definition) is 3. The average molecular weight is 374 g/mol. The van der Waals surface area contributed by atoms with Gasteiger partial charge in [0.1, 0.15) is 0 Å². The molecule has 0 saturated heterocycles. The Balaban J connectivity index is 0.00000243. The van der Waals surface area contributed by atoms with Gasteiger partial charge in [0, 0.05) is 28.5 Å². The fourth-order valence-corrected chi connectivity index (χ4v) is 3.10. The van der Waals surface area contributed by atoms with E-state index < -0.39 is 0 Å². The van der Waals surface area contributed by atoms with E-state index in [1.165, 1.54) is 19.3 Å². The Morgan fingerprint density at radius 1 is 0.885 bits per heavy atom. The van der Waals surface area contributed by atoms with Crippen molar-refractivity contribution in [2.45, 2.75) is 38.1 Å². The van der Waals surface area contributed by atoms with Gasteiger partial charge in [-0.15, -0.1) is 12.4 Å². The summed E-state index contributed by atoms with van der Waals surface area (Å²) in [6, 6.07) is 14.0. The molecule has 1 fully saturated rings. The minimum absolute atomic E-state index is 0. The molecule has 0 aliphatic heterocycles. The molecule has 6 heteroatoms. The van der Waals surface area contributed by atoms with Crippen LogP contribution in [-0.4, -0.2) is 17.9 Å². The molecule has 0 unspecified atom stereocenters. The molecule has 2 amide bonds. The van der Waals surface area contributed by atoms with Crippen molar-refractivity contribution in [2.75, 3.05) is 11.1 Å². The van der Waals surface area contributed by atoms with Gasteiger partial charge in [0.05, 0.1) is 0 Å². The van der Waals surface area contributed by atoms with Crippen LogP contribution in [0.3, 0.4) is 0 Å². The molecule has 0 radical (unpaired) electrons. The van der Waals surface area contributed by atoms with Gasteiger partial charge >= 0.3 is 0 Å². The van der Waals surface area contributed by atoms with Gasteiger partial charge in [-0.05, 0) is 55.3 Å². The van der Waals surface area contributed by atoms with Crippen LogP contribution in [0.1, 0.15) is 52.8 Å². The van der Waals surface area contributed by atoms with E-state index in [-0.39, 0.29) is 30.3 Å². The smallest absolute Gasteiger partial charge is 0.255 e. The molecule has 0 bridgehead atoms. The van der Waals surface area contributed by atoms with Crippen molar-refractivity contribution in [3.8, 4) is 0 Å². The Morgan fingerprint density at radius 3 is 2.23 bits per heavy atom. The summed E-state index contributed by atoms with van der Waals surface area (Å²) in [5, 5.41) is 5.89. The number of carbonyl (C=O) groups is 2. The van der Waals surface area contributed by atoms with Crippen LogP contribution in [0.2, 0.25) is 0 Å². The van der Waals surface area contributed by atoms with Crippen molar-refractivity contribution >= 4 is 35.6 Å². The van der Waals surface area contributed by atoms with Crippen LogP contribution in [0.5, 0.6) is 0 Å². The van der Waals surface area contributed by atoms with E-state index in [0.29, 0.717) is 22.5 Å². The number of amides is 2. The maximum Gasteiger partial charge on any atom is 0.255 e. The van der Waals surface area contributed by atoms with E-state index in [1.54, 1.807) is 48.5 Å². The maximum atomic E-state index is 12.3. The minimum Gasteiger partial charge on any atom is -0.399 e. The van der Waals surface area contributed by atoms with Gasteiger partial charge in [0.25, 0.3) is 11.8 Å². The molecule has 4 N–H and O–H groups in total. The number of nitrogens with two attached hydrogens (primary N) is 1. The first-order valence-corrected chi connectivity index (χ1v) is 8.69. The van der Waals surface area contributed by atoms with E-state index in [0.717, 1.165) is 12.8 Å². The molecular weight excluding hydrogens is 350 g/mol. The summed E-state index contributed by atoms with van der Waals surface area (Å²) < 4.78 is 0. The number of hydrogen-bond acceptors (Lipinski definition) is 3.